The van der Waals surface area contributed by atoms with Crippen molar-refractivity contribution in [2.24, 2.45) is 5.73 Å². The van der Waals surface area contributed by atoms with Gasteiger partial charge >= 0.3 is 0 Å². The Kier molecular flexibility index (Phi) is 4.84. The Bertz CT molecular complexity index is 899. The Hall–Kier alpha value is -1.96. The maximum Gasteiger partial charge on any atom is 0.161 e. The van der Waals surface area contributed by atoms with Crippen LogP contribution in [0.1, 0.15) is 9.75 Å². The number of hydrogen-bond donors (Lipinski definition) is 1. The van der Waals surface area contributed by atoms with E-state index < -0.39 is 0 Å². The Balaban J connectivity index is 1.98. The lowest BCUT2D eigenvalue weighted by Gasteiger charge is -2.08. The van der Waals surface area contributed by atoms with E-state index in [0.29, 0.717) is 16.5 Å². The zero-order valence-electron chi connectivity index (χ0n) is 13.5. The third-order valence-corrected chi connectivity index (χ3v) is 5.88. The van der Waals surface area contributed by atoms with Gasteiger partial charge in [0.1, 0.15) is 10.00 Å². The molecule has 0 radical (unpaired) electrons. The molecule has 2 N–H and O–H groups in total. The summed E-state index contributed by atoms with van der Waals surface area (Å²) in [7, 11) is 3.25. The topological polar surface area (TPSA) is 57.4 Å². The first-order chi connectivity index (χ1) is 11.5. The number of rotatable bonds is 5. The fraction of sp³-hybridized carbons (Fsp3) is 0.176. The molecule has 0 spiro atoms. The van der Waals surface area contributed by atoms with Gasteiger partial charge in [-0.2, -0.15) is 0 Å². The molecule has 124 valence electrons. The lowest BCUT2D eigenvalue weighted by atomic mass is 10.1. The highest BCUT2D eigenvalue weighted by Crippen LogP contribution is 2.37. The molecule has 0 atom stereocenters. The number of hydrogen-bond acceptors (Lipinski definition) is 6. The van der Waals surface area contributed by atoms with E-state index in [-0.39, 0.29) is 0 Å². The molecule has 0 aliphatic carbocycles. The fourth-order valence-electron chi connectivity index (χ4n) is 2.34. The van der Waals surface area contributed by atoms with Crippen molar-refractivity contribution in [1.29, 1.82) is 0 Å². The van der Waals surface area contributed by atoms with Crippen LogP contribution in [0.2, 0.25) is 0 Å². The predicted octanol–water partition coefficient (Wildman–Crippen LogP) is 4.50. The van der Waals surface area contributed by atoms with Crippen molar-refractivity contribution in [3.63, 3.8) is 0 Å². The smallest absolute Gasteiger partial charge is 0.161 e. The minimum absolute atomic E-state index is 0.422. The Morgan fingerprint density at radius 3 is 2.54 bits per heavy atom. The molecule has 0 unspecified atom stereocenters. The van der Waals surface area contributed by atoms with E-state index in [4.69, 9.17) is 32.4 Å². The van der Waals surface area contributed by atoms with E-state index in [1.807, 2.05) is 29.6 Å². The molecule has 2 aromatic heterocycles. The molecule has 3 rings (SSSR count). The van der Waals surface area contributed by atoms with Crippen molar-refractivity contribution in [2.45, 2.75) is 6.92 Å². The number of methoxy groups -OCH3 is 2. The number of aromatic nitrogens is 1. The SMILES string of the molecule is COc1ccc(-c2csc(-c3cc(C(N)=S)sc3C)n2)cc1OC. The number of thiocarbonyl (C=S) groups is 1. The third-order valence-electron chi connectivity index (χ3n) is 3.57. The number of nitrogens with zero attached hydrogens (tertiary/aromatic N) is 1. The molecule has 0 amide bonds. The van der Waals surface area contributed by atoms with Gasteiger partial charge in [0.2, 0.25) is 0 Å². The van der Waals surface area contributed by atoms with Crippen molar-refractivity contribution in [2.75, 3.05) is 14.2 Å². The van der Waals surface area contributed by atoms with E-state index in [0.717, 1.165) is 31.6 Å². The molecule has 1 aromatic carbocycles. The summed E-state index contributed by atoms with van der Waals surface area (Å²) in [6.45, 7) is 2.05. The van der Waals surface area contributed by atoms with Crippen molar-refractivity contribution in [1.82, 2.24) is 4.98 Å². The maximum atomic E-state index is 5.73. The molecule has 0 saturated carbocycles. The van der Waals surface area contributed by atoms with Crippen LogP contribution in [0, 0.1) is 6.92 Å². The molecule has 0 saturated heterocycles. The van der Waals surface area contributed by atoms with Gasteiger partial charge in [-0.05, 0) is 31.2 Å². The molecule has 0 bridgehead atoms. The van der Waals surface area contributed by atoms with Gasteiger partial charge in [0.15, 0.2) is 11.5 Å². The predicted molar refractivity (Wildman–Crippen MR) is 105 cm³/mol. The van der Waals surface area contributed by atoms with Crippen LogP contribution in [-0.2, 0) is 0 Å². The molecule has 7 heteroatoms. The Morgan fingerprint density at radius 2 is 1.92 bits per heavy atom. The number of thiophene rings is 1. The van der Waals surface area contributed by atoms with E-state index in [2.05, 4.69) is 6.92 Å². The third kappa shape index (κ3) is 3.15. The summed E-state index contributed by atoms with van der Waals surface area (Å²) in [5, 5.41) is 2.99. The summed E-state index contributed by atoms with van der Waals surface area (Å²) in [4.78, 5) is 7.26. The first kappa shape index (κ1) is 16.9. The second-order valence-corrected chi connectivity index (χ2v) is 7.61. The molecule has 0 fully saturated rings. The van der Waals surface area contributed by atoms with Gasteiger partial charge in [-0.1, -0.05) is 12.2 Å². The number of benzene rings is 1. The molecule has 0 aliphatic heterocycles. The van der Waals surface area contributed by atoms with E-state index >= 15 is 0 Å². The Labute approximate surface area is 153 Å². The Morgan fingerprint density at radius 1 is 1.17 bits per heavy atom. The minimum atomic E-state index is 0.422. The monoisotopic (exact) mass is 376 g/mol. The molecule has 2 heterocycles. The second kappa shape index (κ2) is 6.88. The van der Waals surface area contributed by atoms with Crippen molar-refractivity contribution in [3.8, 4) is 33.3 Å². The van der Waals surface area contributed by atoms with Gasteiger partial charge in [0, 0.05) is 21.4 Å². The molecular weight excluding hydrogens is 360 g/mol. The zero-order valence-corrected chi connectivity index (χ0v) is 15.9. The lowest BCUT2D eigenvalue weighted by molar-refractivity contribution is 0.355. The zero-order chi connectivity index (χ0) is 17.3. The van der Waals surface area contributed by atoms with Crippen molar-refractivity contribution >= 4 is 39.9 Å². The number of ether oxygens (including phenoxy) is 2. The highest BCUT2D eigenvalue weighted by atomic mass is 32.1. The first-order valence-electron chi connectivity index (χ1n) is 7.12. The van der Waals surface area contributed by atoms with Crippen LogP contribution in [0.5, 0.6) is 11.5 Å². The summed E-state index contributed by atoms with van der Waals surface area (Å²) in [6, 6.07) is 7.80. The molecule has 24 heavy (non-hydrogen) atoms. The molecule has 4 nitrogen and oxygen atoms in total. The summed E-state index contributed by atoms with van der Waals surface area (Å²) < 4.78 is 10.6. The van der Waals surface area contributed by atoms with Crippen LogP contribution in [0.15, 0.2) is 29.6 Å². The van der Waals surface area contributed by atoms with Gasteiger partial charge in [-0.15, -0.1) is 22.7 Å². The van der Waals surface area contributed by atoms with E-state index in [1.165, 1.54) is 0 Å². The van der Waals surface area contributed by atoms with E-state index in [9.17, 15) is 0 Å². The number of aryl methyl sites for hydroxylation is 1. The van der Waals surface area contributed by atoms with Crippen LogP contribution >= 0.6 is 34.9 Å². The standard InChI is InChI=1S/C17H16N2O2S3/c1-9-11(7-15(24-9)16(18)22)17-19-12(8-23-17)10-4-5-13(20-2)14(6-10)21-3/h4-8H,1-3H3,(H2,18,22). The fourth-order valence-corrected chi connectivity index (χ4v) is 4.36. The van der Waals surface area contributed by atoms with E-state index in [1.54, 1.807) is 36.9 Å². The summed E-state index contributed by atoms with van der Waals surface area (Å²) in [5.41, 5.74) is 8.70. The second-order valence-electron chi connectivity index (χ2n) is 5.05. The summed E-state index contributed by atoms with van der Waals surface area (Å²) in [5.74, 6) is 1.39. The van der Waals surface area contributed by atoms with Crippen LogP contribution in [0.4, 0.5) is 0 Å². The summed E-state index contributed by atoms with van der Waals surface area (Å²) in [6.07, 6.45) is 0. The van der Waals surface area contributed by atoms with Crippen LogP contribution < -0.4 is 15.2 Å². The van der Waals surface area contributed by atoms with Crippen LogP contribution in [0.25, 0.3) is 21.8 Å². The minimum Gasteiger partial charge on any atom is -0.493 e. The number of thiazole rings is 1. The van der Waals surface area contributed by atoms with Gasteiger partial charge in [0.05, 0.1) is 24.8 Å². The highest BCUT2D eigenvalue weighted by Gasteiger charge is 2.14. The summed E-state index contributed by atoms with van der Waals surface area (Å²) >= 11 is 8.26. The lowest BCUT2D eigenvalue weighted by Crippen LogP contribution is -2.06. The van der Waals surface area contributed by atoms with Crippen LogP contribution in [0.3, 0.4) is 0 Å². The number of nitrogens with two attached hydrogens (primary N) is 1. The van der Waals surface area contributed by atoms with Gasteiger partial charge < -0.3 is 15.2 Å². The average Bonchev–Trinajstić information content (AvgIpc) is 3.20. The van der Waals surface area contributed by atoms with Gasteiger partial charge in [-0.25, -0.2) is 4.98 Å². The van der Waals surface area contributed by atoms with Gasteiger partial charge in [-0.3, -0.25) is 0 Å². The van der Waals surface area contributed by atoms with Crippen molar-refractivity contribution < 1.29 is 9.47 Å². The van der Waals surface area contributed by atoms with Gasteiger partial charge in [0.25, 0.3) is 0 Å². The maximum absolute atomic E-state index is 5.73. The average molecular weight is 377 g/mol. The first-order valence-corrected chi connectivity index (χ1v) is 9.22. The quantitative estimate of drug-likeness (QED) is 0.665. The molecule has 3 aromatic rings. The van der Waals surface area contributed by atoms with Crippen LogP contribution in [-0.4, -0.2) is 24.2 Å². The molecular formula is C17H16N2O2S3. The largest absolute Gasteiger partial charge is 0.493 e. The highest BCUT2D eigenvalue weighted by molar-refractivity contribution is 7.81. The van der Waals surface area contributed by atoms with Crippen molar-refractivity contribution in [3.05, 3.63) is 39.4 Å². The molecule has 0 aliphatic rings. The normalized spacial score (nSPS) is 10.6.